The Hall–Kier alpha value is -2.89. The Kier molecular flexibility index (Phi) is 5.63. The Morgan fingerprint density at radius 3 is 2.67 bits per heavy atom. The van der Waals surface area contributed by atoms with Crippen LogP contribution in [0.1, 0.15) is 46.3 Å². The van der Waals surface area contributed by atoms with E-state index in [1.807, 2.05) is 32.2 Å². The van der Waals surface area contributed by atoms with Crippen molar-refractivity contribution in [2.45, 2.75) is 50.8 Å². The summed E-state index contributed by atoms with van der Waals surface area (Å²) in [6.45, 7) is 5.24. The van der Waals surface area contributed by atoms with E-state index in [1.54, 1.807) is 0 Å². The average Bonchev–Trinajstić information content (AvgIpc) is 3.49. The average molecular weight is 445 g/mol. The first kappa shape index (κ1) is 21.9. The molecule has 172 valence electrons. The number of benzene rings is 3. The minimum Gasteiger partial charge on any atom is -0.492 e. The Morgan fingerprint density at radius 2 is 1.94 bits per heavy atom. The topological polar surface area (TPSA) is 61.8 Å². The fourth-order valence-electron chi connectivity index (χ4n) is 5.10. The zero-order valence-electron chi connectivity index (χ0n) is 19.6. The van der Waals surface area contributed by atoms with Gasteiger partial charge in [-0.25, -0.2) is 0 Å². The Labute approximate surface area is 195 Å². The number of aliphatic hydroxyl groups is 1. The fourth-order valence-corrected chi connectivity index (χ4v) is 5.10. The third kappa shape index (κ3) is 4.35. The van der Waals surface area contributed by atoms with E-state index in [0.717, 1.165) is 18.4 Å². The first-order valence-corrected chi connectivity index (χ1v) is 11.8. The third-order valence-corrected chi connectivity index (χ3v) is 7.19. The summed E-state index contributed by atoms with van der Waals surface area (Å²) in [4.78, 5) is 15.5. The maximum Gasteiger partial charge on any atom is 0.252 e. The number of likely N-dealkylation sites (N-methyl/N-ethyl adjacent to an activating group) is 1. The summed E-state index contributed by atoms with van der Waals surface area (Å²) in [5, 5.41) is 15.6. The lowest BCUT2D eigenvalue weighted by Crippen LogP contribution is -2.35. The number of rotatable bonds is 6. The first-order valence-electron chi connectivity index (χ1n) is 11.8. The summed E-state index contributed by atoms with van der Waals surface area (Å²) >= 11 is 0. The van der Waals surface area contributed by atoms with Crippen LogP contribution in [0.25, 0.3) is 10.8 Å². The molecule has 33 heavy (non-hydrogen) atoms. The fraction of sp³-hybridized carbons (Fsp3) is 0.393. The molecule has 1 saturated heterocycles. The molecular weight excluding hydrogens is 412 g/mol. The first-order chi connectivity index (χ1) is 15.8. The van der Waals surface area contributed by atoms with Crippen LogP contribution in [0.15, 0.2) is 54.6 Å². The summed E-state index contributed by atoms with van der Waals surface area (Å²) in [5.74, 6) is 0.626. The molecule has 1 aliphatic carbocycles. The summed E-state index contributed by atoms with van der Waals surface area (Å²) in [6.07, 6.45) is 2.30. The second-order valence-electron chi connectivity index (χ2n) is 9.84. The standard InChI is InChI=1S/C28H32N2O3/c1-18-12-20-6-4-5-7-24(20)26(13-18)28(10-11-28)29-27(32)25-15-23(9-8-19(25)2)33-17-21-14-22(31)16-30(21)3/h4-9,12-13,15,21-22,31H,10-11,14,16-17H2,1-3H3,(H,29,32)/t21-,22?/m1/s1. The van der Waals surface area contributed by atoms with Gasteiger partial charge in [0.25, 0.3) is 5.91 Å². The number of aryl methyl sites for hydroxylation is 2. The molecule has 5 rings (SSSR count). The number of likely N-dealkylation sites (tertiary alicyclic amines) is 1. The second-order valence-corrected chi connectivity index (χ2v) is 9.84. The number of β-amino-alcohol motifs (C(OH)–C–C–N with tert-alkyl or cyclic N) is 1. The minimum atomic E-state index is -0.311. The zero-order valence-corrected chi connectivity index (χ0v) is 19.6. The number of ether oxygens (including phenoxy) is 1. The summed E-state index contributed by atoms with van der Waals surface area (Å²) < 4.78 is 6.03. The highest BCUT2D eigenvalue weighted by atomic mass is 16.5. The number of hydrogen-bond acceptors (Lipinski definition) is 4. The van der Waals surface area contributed by atoms with E-state index in [4.69, 9.17) is 4.74 Å². The molecule has 2 aliphatic rings. The smallest absolute Gasteiger partial charge is 0.252 e. The molecule has 1 aliphatic heterocycles. The number of carbonyl (C=O) groups excluding carboxylic acids is 1. The number of nitrogens with zero attached hydrogens (tertiary/aromatic N) is 1. The summed E-state index contributed by atoms with van der Waals surface area (Å²) in [7, 11) is 2.00. The second kappa shape index (κ2) is 8.47. The minimum absolute atomic E-state index is 0.0607. The lowest BCUT2D eigenvalue weighted by molar-refractivity contribution is 0.0930. The molecule has 1 saturated carbocycles. The van der Waals surface area contributed by atoms with Crippen molar-refractivity contribution in [1.29, 1.82) is 0 Å². The molecule has 1 amide bonds. The number of amides is 1. The molecule has 1 unspecified atom stereocenters. The van der Waals surface area contributed by atoms with Crippen molar-refractivity contribution in [3.05, 3.63) is 76.9 Å². The Balaban J connectivity index is 1.36. The van der Waals surface area contributed by atoms with Crippen LogP contribution in [-0.4, -0.2) is 48.3 Å². The SMILES string of the molecule is Cc1cc(C2(NC(=O)c3cc(OC[C@H]4CC(O)CN4C)ccc3C)CC2)c2ccccc2c1. The van der Waals surface area contributed by atoms with Crippen molar-refractivity contribution in [2.75, 3.05) is 20.2 Å². The van der Waals surface area contributed by atoms with Crippen LogP contribution in [-0.2, 0) is 5.54 Å². The maximum atomic E-state index is 13.4. The van der Waals surface area contributed by atoms with Gasteiger partial charge >= 0.3 is 0 Å². The third-order valence-electron chi connectivity index (χ3n) is 7.19. The van der Waals surface area contributed by atoms with Crippen LogP contribution in [0.2, 0.25) is 0 Å². The van der Waals surface area contributed by atoms with Gasteiger partial charge in [0.1, 0.15) is 12.4 Å². The molecule has 1 heterocycles. The van der Waals surface area contributed by atoms with Gasteiger partial charge in [-0.2, -0.15) is 0 Å². The van der Waals surface area contributed by atoms with E-state index >= 15 is 0 Å². The van der Waals surface area contributed by atoms with Crippen molar-refractivity contribution in [3.8, 4) is 5.75 Å². The van der Waals surface area contributed by atoms with Crippen molar-refractivity contribution >= 4 is 16.7 Å². The number of carbonyl (C=O) groups is 1. The van der Waals surface area contributed by atoms with Gasteiger partial charge in [0.05, 0.1) is 11.6 Å². The quantitative estimate of drug-likeness (QED) is 0.595. The lowest BCUT2D eigenvalue weighted by Gasteiger charge is -2.22. The number of aliphatic hydroxyl groups excluding tert-OH is 1. The van der Waals surface area contributed by atoms with Gasteiger partial charge in [0, 0.05) is 18.2 Å². The highest BCUT2D eigenvalue weighted by molar-refractivity contribution is 5.97. The molecule has 0 spiro atoms. The number of hydrogen-bond donors (Lipinski definition) is 2. The van der Waals surface area contributed by atoms with Crippen LogP contribution in [0.5, 0.6) is 5.75 Å². The van der Waals surface area contributed by atoms with Gasteiger partial charge in [-0.3, -0.25) is 9.69 Å². The van der Waals surface area contributed by atoms with Crippen molar-refractivity contribution in [3.63, 3.8) is 0 Å². The molecular formula is C28H32N2O3. The molecule has 3 aromatic carbocycles. The lowest BCUT2D eigenvalue weighted by atomic mass is 9.94. The molecule has 0 aromatic heterocycles. The van der Waals surface area contributed by atoms with E-state index in [1.165, 1.54) is 21.9 Å². The van der Waals surface area contributed by atoms with Crippen molar-refractivity contribution in [2.24, 2.45) is 0 Å². The largest absolute Gasteiger partial charge is 0.492 e. The number of fused-ring (bicyclic) bond motifs is 1. The van der Waals surface area contributed by atoms with Crippen molar-refractivity contribution in [1.82, 2.24) is 10.2 Å². The van der Waals surface area contributed by atoms with Gasteiger partial charge < -0.3 is 15.2 Å². The molecule has 0 radical (unpaired) electrons. The Bertz CT molecular complexity index is 1200. The maximum absolute atomic E-state index is 13.4. The molecule has 5 heteroatoms. The molecule has 2 fully saturated rings. The predicted molar refractivity (Wildman–Crippen MR) is 131 cm³/mol. The summed E-state index contributed by atoms with van der Waals surface area (Å²) in [6, 6.07) is 18.7. The zero-order chi connectivity index (χ0) is 23.2. The van der Waals surface area contributed by atoms with Crippen LogP contribution in [0.4, 0.5) is 0 Å². The van der Waals surface area contributed by atoms with Crippen LogP contribution < -0.4 is 10.1 Å². The Morgan fingerprint density at radius 1 is 1.15 bits per heavy atom. The van der Waals surface area contributed by atoms with E-state index in [0.29, 0.717) is 30.9 Å². The molecule has 2 atom stereocenters. The predicted octanol–water partition coefficient (Wildman–Crippen LogP) is 4.32. The molecule has 2 N–H and O–H groups in total. The van der Waals surface area contributed by atoms with Gasteiger partial charge in [-0.1, -0.05) is 48.0 Å². The molecule has 0 bridgehead atoms. The van der Waals surface area contributed by atoms with E-state index < -0.39 is 0 Å². The van der Waals surface area contributed by atoms with Gasteiger partial charge in [0.2, 0.25) is 0 Å². The molecule has 5 nitrogen and oxygen atoms in total. The van der Waals surface area contributed by atoms with E-state index in [2.05, 4.69) is 53.5 Å². The van der Waals surface area contributed by atoms with Gasteiger partial charge in [0.15, 0.2) is 0 Å². The van der Waals surface area contributed by atoms with Crippen LogP contribution in [0, 0.1) is 13.8 Å². The van der Waals surface area contributed by atoms with Crippen LogP contribution in [0.3, 0.4) is 0 Å². The van der Waals surface area contributed by atoms with Gasteiger partial charge in [-0.15, -0.1) is 0 Å². The summed E-state index contributed by atoms with van der Waals surface area (Å²) in [5.41, 5.74) is 3.68. The number of nitrogens with one attached hydrogen (secondary N) is 1. The monoisotopic (exact) mass is 444 g/mol. The highest BCUT2D eigenvalue weighted by Gasteiger charge is 2.47. The normalized spacial score (nSPS) is 21.8. The van der Waals surface area contributed by atoms with Crippen molar-refractivity contribution < 1.29 is 14.6 Å². The van der Waals surface area contributed by atoms with Crippen LogP contribution >= 0.6 is 0 Å². The highest BCUT2D eigenvalue weighted by Crippen LogP contribution is 2.48. The van der Waals surface area contributed by atoms with E-state index in [9.17, 15) is 9.90 Å². The van der Waals surface area contributed by atoms with E-state index in [-0.39, 0.29) is 23.6 Å². The van der Waals surface area contributed by atoms with Gasteiger partial charge in [-0.05, 0) is 74.2 Å². The molecule has 3 aromatic rings.